The molecule has 0 spiro atoms. The van der Waals surface area contributed by atoms with Crippen LogP contribution in [0.3, 0.4) is 0 Å². The van der Waals surface area contributed by atoms with E-state index in [0.29, 0.717) is 20.9 Å². The number of benzene rings is 1. The van der Waals surface area contributed by atoms with Crippen molar-refractivity contribution in [1.29, 1.82) is 0 Å². The highest BCUT2D eigenvalue weighted by atomic mass is 79.9. The second-order valence-electron chi connectivity index (χ2n) is 5.10. The highest BCUT2D eigenvalue weighted by molar-refractivity contribution is 9.10. The molecule has 0 bridgehead atoms. The zero-order chi connectivity index (χ0) is 15.8. The van der Waals surface area contributed by atoms with E-state index in [4.69, 9.17) is 0 Å². The standard InChI is InChI=1S/C15H17BrN2O2S/c1-9-7-10(2)15(11(3)8-9)21(19,20)18-13-5-6-14(16)17-12(13)4/h5-8,18H,1-4H3. The molecule has 6 heteroatoms. The van der Waals surface area contributed by atoms with Crippen molar-refractivity contribution >= 4 is 31.6 Å². The van der Waals surface area contributed by atoms with Crippen molar-refractivity contribution in [2.45, 2.75) is 32.6 Å². The average molecular weight is 369 g/mol. The summed E-state index contributed by atoms with van der Waals surface area (Å²) in [5.41, 5.74) is 3.63. The van der Waals surface area contributed by atoms with Crippen molar-refractivity contribution in [3.63, 3.8) is 0 Å². The van der Waals surface area contributed by atoms with Crippen molar-refractivity contribution in [2.75, 3.05) is 4.72 Å². The van der Waals surface area contributed by atoms with E-state index in [1.165, 1.54) is 0 Å². The number of aromatic nitrogens is 1. The van der Waals surface area contributed by atoms with E-state index in [1.807, 2.05) is 19.1 Å². The van der Waals surface area contributed by atoms with E-state index in [1.54, 1.807) is 32.9 Å². The van der Waals surface area contributed by atoms with Crippen LogP contribution in [0.4, 0.5) is 5.69 Å². The number of anilines is 1. The minimum atomic E-state index is -3.63. The molecule has 0 saturated heterocycles. The topological polar surface area (TPSA) is 59.1 Å². The van der Waals surface area contributed by atoms with Crippen LogP contribution in [-0.2, 0) is 10.0 Å². The molecular weight excluding hydrogens is 352 g/mol. The molecule has 112 valence electrons. The number of hydrogen-bond acceptors (Lipinski definition) is 3. The predicted molar refractivity (Wildman–Crippen MR) is 88.1 cm³/mol. The Labute approximate surface area is 133 Å². The Bertz CT molecular complexity index is 778. The number of nitrogens with one attached hydrogen (secondary N) is 1. The number of nitrogens with zero attached hydrogens (tertiary/aromatic N) is 1. The molecule has 0 unspecified atom stereocenters. The summed E-state index contributed by atoms with van der Waals surface area (Å²) < 4.78 is 28.6. The Morgan fingerprint density at radius 2 is 1.62 bits per heavy atom. The third-order valence-corrected chi connectivity index (χ3v) is 5.28. The summed E-state index contributed by atoms with van der Waals surface area (Å²) >= 11 is 3.26. The van der Waals surface area contributed by atoms with Gasteiger partial charge in [-0.2, -0.15) is 0 Å². The van der Waals surface area contributed by atoms with Gasteiger partial charge in [-0.25, -0.2) is 13.4 Å². The highest BCUT2D eigenvalue weighted by Crippen LogP contribution is 2.25. The van der Waals surface area contributed by atoms with Crippen LogP contribution in [0.25, 0.3) is 0 Å². The lowest BCUT2D eigenvalue weighted by molar-refractivity contribution is 0.600. The molecule has 0 aliphatic rings. The quantitative estimate of drug-likeness (QED) is 0.836. The molecule has 0 aliphatic heterocycles. The monoisotopic (exact) mass is 368 g/mol. The van der Waals surface area contributed by atoms with Crippen LogP contribution < -0.4 is 4.72 Å². The molecule has 0 atom stereocenters. The predicted octanol–water partition coefficient (Wildman–Crippen LogP) is 3.88. The molecule has 2 aromatic rings. The maximum absolute atomic E-state index is 12.6. The van der Waals surface area contributed by atoms with Gasteiger partial charge in [-0.15, -0.1) is 0 Å². The van der Waals surface area contributed by atoms with Crippen LogP contribution in [-0.4, -0.2) is 13.4 Å². The zero-order valence-electron chi connectivity index (χ0n) is 12.4. The molecule has 4 nitrogen and oxygen atoms in total. The van der Waals surface area contributed by atoms with E-state index in [0.717, 1.165) is 16.7 Å². The first-order valence-corrected chi connectivity index (χ1v) is 8.72. The molecular formula is C15H17BrN2O2S. The largest absolute Gasteiger partial charge is 0.278 e. The lowest BCUT2D eigenvalue weighted by Gasteiger charge is -2.15. The Kier molecular flexibility index (Phi) is 4.39. The van der Waals surface area contributed by atoms with Gasteiger partial charge in [-0.3, -0.25) is 4.72 Å². The summed E-state index contributed by atoms with van der Waals surface area (Å²) in [6, 6.07) is 7.14. The number of aryl methyl sites for hydroxylation is 4. The first-order chi connectivity index (χ1) is 9.70. The van der Waals surface area contributed by atoms with Crippen molar-refractivity contribution in [1.82, 2.24) is 4.98 Å². The molecule has 1 aromatic carbocycles. The van der Waals surface area contributed by atoms with Gasteiger partial charge in [0.2, 0.25) is 0 Å². The molecule has 0 aliphatic carbocycles. The molecule has 0 saturated carbocycles. The van der Waals surface area contributed by atoms with E-state index >= 15 is 0 Å². The molecule has 1 N–H and O–H groups in total. The first-order valence-electron chi connectivity index (χ1n) is 6.44. The van der Waals surface area contributed by atoms with Crippen LogP contribution in [0.5, 0.6) is 0 Å². The summed E-state index contributed by atoms with van der Waals surface area (Å²) in [6.45, 7) is 7.33. The van der Waals surface area contributed by atoms with E-state index in [9.17, 15) is 8.42 Å². The first kappa shape index (κ1) is 16.0. The number of pyridine rings is 1. The van der Waals surface area contributed by atoms with E-state index < -0.39 is 10.0 Å². The summed E-state index contributed by atoms with van der Waals surface area (Å²) in [5.74, 6) is 0. The fraction of sp³-hybridized carbons (Fsp3) is 0.267. The molecule has 0 fully saturated rings. The Morgan fingerprint density at radius 1 is 1.05 bits per heavy atom. The van der Waals surface area contributed by atoms with Gasteiger partial charge in [0.05, 0.1) is 16.3 Å². The summed E-state index contributed by atoms with van der Waals surface area (Å²) in [6.07, 6.45) is 0. The second kappa shape index (κ2) is 5.77. The normalized spacial score (nSPS) is 11.5. The van der Waals surface area contributed by atoms with Crippen molar-refractivity contribution in [3.05, 3.63) is 51.3 Å². The molecule has 0 radical (unpaired) electrons. The molecule has 0 amide bonds. The van der Waals surface area contributed by atoms with Crippen LogP contribution in [0.1, 0.15) is 22.4 Å². The number of rotatable bonds is 3. The highest BCUT2D eigenvalue weighted by Gasteiger charge is 2.20. The Balaban J connectivity index is 2.48. The molecule has 1 aromatic heterocycles. The van der Waals surface area contributed by atoms with Crippen LogP contribution in [0.15, 0.2) is 33.8 Å². The fourth-order valence-corrected chi connectivity index (χ4v) is 4.40. The van der Waals surface area contributed by atoms with Crippen molar-refractivity contribution in [2.24, 2.45) is 0 Å². The van der Waals surface area contributed by atoms with Gasteiger partial charge in [-0.1, -0.05) is 17.7 Å². The van der Waals surface area contributed by atoms with Crippen molar-refractivity contribution < 1.29 is 8.42 Å². The number of halogens is 1. The van der Waals surface area contributed by atoms with Gasteiger partial charge in [0, 0.05) is 0 Å². The average Bonchev–Trinajstić information content (AvgIpc) is 2.30. The summed E-state index contributed by atoms with van der Waals surface area (Å²) in [4.78, 5) is 4.53. The maximum atomic E-state index is 12.6. The van der Waals surface area contributed by atoms with Gasteiger partial charge in [0.15, 0.2) is 0 Å². The van der Waals surface area contributed by atoms with Gasteiger partial charge in [-0.05, 0) is 66.9 Å². The van der Waals surface area contributed by atoms with E-state index in [2.05, 4.69) is 25.6 Å². The van der Waals surface area contributed by atoms with E-state index in [-0.39, 0.29) is 0 Å². The van der Waals surface area contributed by atoms with Crippen LogP contribution >= 0.6 is 15.9 Å². The van der Waals surface area contributed by atoms with Gasteiger partial charge in [0.25, 0.3) is 10.0 Å². The number of hydrogen-bond donors (Lipinski definition) is 1. The van der Waals surface area contributed by atoms with Crippen LogP contribution in [0, 0.1) is 27.7 Å². The fourth-order valence-electron chi connectivity index (χ4n) is 2.42. The molecule has 2 rings (SSSR count). The van der Waals surface area contributed by atoms with Gasteiger partial charge < -0.3 is 0 Å². The second-order valence-corrected chi connectivity index (χ2v) is 7.53. The Hall–Kier alpha value is -1.40. The zero-order valence-corrected chi connectivity index (χ0v) is 14.8. The van der Waals surface area contributed by atoms with Gasteiger partial charge >= 0.3 is 0 Å². The van der Waals surface area contributed by atoms with Gasteiger partial charge in [0.1, 0.15) is 4.60 Å². The third-order valence-electron chi connectivity index (χ3n) is 3.17. The third kappa shape index (κ3) is 3.44. The minimum absolute atomic E-state index is 0.329. The smallest absolute Gasteiger partial charge is 0.262 e. The summed E-state index contributed by atoms with van der Waals surface area (Å²) in [5, 5.41) is 0. The lowest BCUT2D eigenvalue weighted by Crippen LogP contribution is -2.17. The molecule has 21 heavy (non-hydrogen) atoms. The summed E-state index contributed by atoms with van der Waals surface area (Å²) in [7, 11) is -3.63. The molecule has 1 heterocycles. The Morgan fingerprint density at radius 3 is 2.14 bits per heavy atom. The van der Waals surface area contributed by atoms with Crippen LogP contribution in [0.2, 0.25) is 0 Å². The lowest BCUT2D eigenvalue weighted by atomic mass is 10.1. The maximum Gasteiger partial charge on any atom is 0.262 e. The minimum Gasteiger partial charge on any atom is -0.278 e. The van der Waals surface area contributed by atoms with Crippen molar-refractivity contribution in [3.8, 4) is 0 Å². The number of sulfonamides is 1. The SMILES string of the molecule is Cc1cc(C)c(S(=O)(=O)Nc2ccc(Br)nc2C)c(C)c1.